The predicted octanol–water partition coefficient (Wildman–Crippen LogP) is 2.68. The third-order valence-corrected chi connectivity index (χ3v) is 3.93. The molecule has 0 radical (unpaired) electrons. The fraction of sp³-hybridized carbons (Fsp3) is 0.400. The maximum Gasteiger partial charge on any atom is 0.161 e. The number of rotatable bonds is 5. The van der Waals surface area contributed by atoms with E-state index in [0.717, 1.165) is 17.0 Å². The van der Waals surface area contributed by atoms with Crippen molar-refractivity contribution in [3.63, 3.8) is 0 Å². The Morgan fingerprint density at radius 2 is 1.95 bits per heavy atom. The summed E-state index contributed by atoms with van der Waals surface area (Å²) in [6.45, 7) is 1.84. The van der Waals surface area contributed by atoms with Gasteiger partial charge in [-0.1, -0.05) is 17.7 Å². The Hall–Kier alpha value is -1.72. The van der Waals surface area contributed by atoms with Crippen LogP contribution in [-0.2, 0) is 13.5 Å². The lowest BCUT2D eigenvalue weighted by atomic mass is 10.0. The lowest BCUT2D eigenvalue weighted by Crippen LogP contribution is -2.07. The molecule has 0 amide bonds. The molecule has 1 aromatic heterocycles. The smallest absolute Gasteiger partial charge is 0.161 e. The minimum atomic E-state index is -0.697. The summed E-state index contributed by atoms with van der Waals surface area (Å²) in [5.74, 6) is 1.21. The van der Waals surface area contributed by atoms with Gasteiger partial charge in [-0.15, -0.1) is 0 Å². The molecule has 1 atom stereocenters. The Bertz CT molecular complexity index is 640. The van der Waals surface area contributed by atoms with Crippen LogP contribution in [0.1, 0.15) is 23.1 Å². The molecule has 1 unspecified atom stereocenters. The first-order valence-corrected chi connectivity index (χ1v) is 6.93. The number of benzene rings is 1. The number of aryl methyl sites for hydroxylation is 2. The SMILES string of the molecule is COc1ccc(C(O)Cc2c(Cl)c(C)nn2C)cc1OC. The zero-order valence-electron chi connectivity index (χ0n) is 12.6. The Balaban J connectivity index is 2.26. The number of aromatic nitrogens is 2. The number of ether oxygens (including phenoxy) is 2. The summed E-state index contributed by atoms with van der Waals surface area (Å²) < 4.78 is 12.1. The highest BCUT2D eigenvalue weighted by molar-refractivity contribution is 6.31. The maximum atomic E-state index is 10.4. The second-order valence-electron chi connectivity index (χ2n) is 4.80. The fourth-order valence-corrected chi connectivity index (χ4v) is 2.50. The molecule has 2 aromatic rings. The first-order valence-electron chi connectivity index (χ1n) is 6.55. The van der Waals surface area contributed by atoms with E-state index in [9.17, 15) is 5.11 Å². The molecular formula is C15H19ClN2O3. The molecule has 0 aliphatic carbocycles. The summed E-state index contributed by atoms with van der Waals surface area (Å²) in [6, 6.07) is 5.34. The molecule has 0 bridgehead atoms. The van der Waals surface area contributed by atoms with Crippen LogP contribution in [0.3, 0.4) is 0 Å². The van der Waals surface area contributed by atoms with E-state index in [2.05, 4.69) is 5.10 Å². The number of hydrogen-bond donors (Lipinski definition) is 1. The molecule has 0 aliphatic rings. The van der Waals surface area contributed by atoms with E-state index in [1.54, 1.807) is 31.0 Å². The van der Waals surface area contributed by atoms with Crippen LogP contribution in [-0.4, -0.2) is 29.1 Å². The van der Waals surface area contributed by atoms with Gasteiger partial charge in [-0.25, -0.2) is 0 Å². The number of hydrogen-bond acceptors (Lipinski definition) is 4. The predicted molar refractivity (Wildman–Crippen MR) is 81.2 cm³/mol. The van der Waals surface area contributed by atoms with Crippen LogP contribution in [0.4, 0.5) is 0 Å². The van der Waals surface area contributed by atoms with Gasteiger partial charge in [0.1, 0.15) is 0 Å². The number of halogens is 1. The molecular weight excluding hydrogens is 292 g/mol. The Morgan fingerprint density at radius 1 is 1.29 bits per heavy atom. The van der Waals surface area contributed by atoms with Gasteiger partial charge in [0, 0.05) is 13.5 Å². The second-order valence-corrected chi connectivity index (χ2v) is 5.18. The van der Waals surface area contributed by atoms with Crippen molar-refractivity contribution in [1.82, 2.24) is 9.78 Å². The fourth-order valence-electron chi connectivity index (χ4n) is 2.26. The highest BCUT2D eigenvalue weighted by Gasteiger charge is 2.18. The highest BCUT2D eigenvalue weighted by Crippen LogP contribution is 2.32. The standard InChI is InChI=1S/C15H19ClN2O3/c1-9-15(16)11(18(2)17-9)8-12(19)10-5-6-13(20-3)14(7-10)21-4/h5-7,12,19H,8H2,1-4H3. The average molecular weight is 311 g/mol. The van der Waals surface area contributed by atoms with Crippen LogP contribution in [0.15, 0.2) is 18.2 Å². The number of aliphatic hydroxyl groups excluding tert-OH is 1. The molecule has 0 saturated carbocycles. The minimum absolute atomic E-state index is 0.381. The quantitative estimate of drug-likeness (QED) is 0.922. The summed E-state index contributed by atoms with van der Waals surface area (Å²) in [7, 11) is 4.96. The summed E-state index contributed by atoms with van der Waals surface area (Å²) in [5, 5.41) is 15.3. The highest BCUT2D eigenvalue weighted by atomic mass is 35.5. The third-order valence-electron chi connectivity index (χ3n) is 3.44. The van der Waals surface area contributed by atoms with Gasteiger partial charge < -0.3 is 14.6 Å². The second kappa shape index (κ2) is 6.37. The summed E-state index contributed by atoms with van der Waals surface area (Å²) >= 11 is 6.21. The monoisotopic (exact) mass is 310 g/mol. The zero-order valence-corrected chi connectivity index (χ0v) is 13.3. The number of methoxy groups -OCH3 is 2. The largest absolute Gasteiger partial charge is 0.493 e. The van der Waals surface area contributed by atoms with Gasteiger partial charge in [-0.3, -0.25) is 4.68 Å². The van der Waals surface area contributed by atoms with E-state index >= 15 is 0 Å². The van der Waals surface area contributed by atoms with Gasteiger partial charge >= 0.3 is 0 Å². The third kappa shape index (κ3) is 3.14. The molecule has 1 aromatic carbocycles. The Labute approximate surface area is 129 Å². The van der Waals surface area contributed by atoms with Crippen LogP contribution in [0.25, 0.3) is 0 Å². The van der Waals surface area contributed by atoms with Crippen molar-refractivity contribution in [3.05, 3.63) is 40.2 Å². The van der Waals surface area contributed by atoms with Crippen molar-refractivity contribution in [2.24, 2.45) is 7.05 Å². The van der Waals surface area contributed by atoms with Gasteiger partial charge in [0.2, 0.25) is 0 Å². The lowest BCUT2D eigenvalue weighted by Gasteiger charge is -2.14. The Morgan fingerprint density at radius 3 is 2.48 bits per heavy atom. The van der Waals surface area contributed by atoms with Gasteiger partial charge in [0.15, 0.2) is 11.5 Å². The van der Waals surface area contributed by atoms with Crippen molar-refractivity contribution < 1.29 is 14.6 Å². The van der Waals surface area contributed by atoms with E-state index < -0.39 is 6.10 Å². The molecule has 21 heavy (non-hydrogen) atoms. The minimum Gasteiger partial charge on any atom is -0.493 e. The van der Waals surface area contributed by atoms with Crippen LogP contribution in [0, 0.1) is 6.92 Å². The molecule has 114 valence electrons. The molecule has 0 saturated heterocycles. The van der Waals surface area contributed by atoms with Gasteiger partial charge in [0.25, 0.3) is 0 Å². The van der Waals surface area contributed by atoms with Crippen molar-refractivity contribution in [1.29, 1.82) is 0 Å². The van der Waals surface area contributed by atoms with Gasteiger partial charge in [-0.2, -0.15) is 5.10 Å². The maximum absolute atomic E-state index is 10.4. The summed E-state index contributed by atoms with van der Waals surface area (Å²) in [6.07, 6.45) is -0.317. The number of aliphatic hydroxyl groups is 1. The van der Waals surface area contributed by atoms with Crippen molar-refractivity contribution in [3.8, 4) is 11.5 Å². The van der Waals surface area contributed by atoms with Gasteiger partial charge in [0.05, 0.1) is 36.7 Å². The van der Waals surface area contributed by atoms with Crippen LogP contribution >= 0.6 is 11.6 Å². The molecule has 6 heteroatoms. The first kappa shape index (κ1) is 15.7. The molecule has 0 spiro atoms. The normalized spacial score (nSPS) is 12.3. The Kier molecular flexibility index (Phi) is 4.75. The van der Waals surface area contributed by atoms with E-state index in [0.29, 0.717) is 22.9 Å². The first-order chi connectivity index (χ1) is 9.97. The van der Waals surface area contributed by atoms with E-state index in [1.165, 1.54) is 0 Å². The van der Waals surface area contributed by atoms with E-state index in [4.69, 9.17) is 21.1 Å². The summed E-state index contributed by atoms with van der Waals surface area (Å²) in [5.41, 5.74) is 2.30. The van der Waals surface area contributed by atoms with Gasteiger partial charge in [-0.05, 0) is 24.6 Å². The molecule has 1 N–H and O–H groups in total. The zero-order chi connectivity index (χ0) is 15.6. The summed E-state index contributed by atoms with van der Waals surface area (Å²) in [4.78, 5) is 0. The molecule has 1 heterocycles. The van der Waals surface area contributed by atoms with Crippen molar-refractivity contribution in [2.45, 2.75) is 19.4 Å². The number of nitrogens with zero attached hydrogens (tertiary/aromatic N) is 2. The van der Waals surface area contributed by atoms with E-state index in [-0.39, 0.29) is 0 Å². The lowest BCUT2D eigenvalue weighted by molar-refractivity contribution is 0.175. The van der Waals surface area contributed by atoms with Crippen molar-refractivity contribution >= 4 is 11.6 Å². The molecule has 0 fully saturated rings. The molecule has 0 aliphatic heterocycles. The topological polar surface area (TPSA) is 56.5 Å². The van der Waals surface area contributed by atoms with Crippen LogP contribution in [0.5, 0.6) is 11.5 Å². The van der Waals surface area contributed by atoms with Crippen molar-refractivity contribution in [2.75, 3.05) is 14.2 Å². The average Bonchev–Trinajstić information content (AvgIpc) is 2.72. The van der Waals surface area contributed by atoms with Crippen LogP contribution < -0.4 is 9.47 Å². The van der Waals surface area contributed by atoms with Crippen LogP contribution in [0.2, 0.25) is 5.02 Å². The molecule has 5 nitrogen and oxygen atoms in total. The van der Waals surface area contributed by atoms with E-state index in [1.807, 2.05) is 20.0 Å². The molecule has 2 rings (SSSR count).